The summed E-state index contributed by atoms with van der Waals surface area (Å²) in [5.41, 5.74) is 2.14. The Kier molecular flexibility index (Phi) is 5.20. The van der Waals surface area contributed by atoms with E-state index in [1.54, 1.807) is 29.2 Å². The van der Waals surface area contributed by atoms with Crippen LogP contribution in [0.1, 0.15) is 29.4 Å². The third-order valence-electron chi connectivity index (χ3n) is 5.18. The van der Waals surface area contributed by atoms with Crippen LogP contribution in [0, 0.1) is 11.8 Å². The molecule has 2 atom stereocenters. The minimum absolute atomic E-state index is 0.156. The molecule has 0 spiro atoms. The molecule has 0 radical (unpaired) electrons. The Bertz CT molecular complexity index is 1010. The maximum atomic E-state index is 12.9. The number of benzene rings is 1. The summed E-state index contributed by atoms with van der Waals surface area (Å²) < 4.78 is 7.77. The van der Waals surface area contributed by atoms with Gasteiger partial charge in [0.15, 0.2) is 0 Å². The summed E-state index contributed by atoms with van der Waals surface area (Å²) in [5.74, 6) is -0.798. The Morgan fingerprint density at radius 2 is 2.07 bits per heavy atom. The Balaban J connectivity index is 1.45. The summed E-state index contributed by atoms with van der Waals surface area (Å²) in [6.07, 6.45) is 4.43. The number of carbonyl (C=O) groups excluding carboxylic acids is 1. The number of carbonyl (C=O) groups is 2. The average Bonchev–Trinajstić information content (AvgIpc) is 3.14. The molecule has 3 aromatic rings. The monoisotopic (exact) mass is 393 g/mol. The number of imidazole rings is 1. The second-order valence-electron chi connectivity index (χ2n) is 7.60. The van der Waals surface area contributed by atoms with Gasteiger partial charge in [0.05, 0.1) is 11.6 Å². The summed E-state index contributed by atoms with van der Waals surface area (Å²) >= 11 is 0. The van der Waals surface area contributed by atoms with Crippen LogP contribution in [0.4, 0.5) is 0 Å². The largest absolute Gasteiger partial charge is 0.487 e. The molecule has 1 fully saturated rings. The second kappa shape index (κ2) is 7.95. The van der Waals surface area contributed by atoms with E-state index in [0.29, 0.717) is 30.9 Å². The lowest BCUT2D eigenvalue weighted by atomic mass is 9.90. The number of ether oxygens (including phenoxy) is 1. The van der Waals surface area contributed by atoms with Crippen LogP contribution >= 0.6 is 0 Å². The first-order chi connectivity index (χ1) is 14.0. The van der Waals surface area contributed by atoms with Gasteiger partial charge in [-0.15, -0.1) is 0 Å². The SMILES string of the molecule is CC1CC(C(=O)O)CN(C(=O)c2cccc(OCc3cn4ccccc4n3)c2)C1. The quantitative estimate of drug-likeness (QED) is 0.720. The van der Waals surface area contributed by atoms with Gasteiger partial charge in [0.2, 0.25) is 0 Å². The summed E-state index contributed by atoms with van der Waals surface area (Å²) in [6.45, 7) is 3.07. The minimum atomic E-state index is -0.848. The van der Waals surface area contributed by atoms with E-state index < -0.39 is 11.9 Å². The Morgan fingerprint density at radius 1 is 1.21 bits per heavy atom. The number of amides is 1. The molecule has 1 aromatic carbocycles. The number of aromatic nitrogens is 2. The number of rotatable bonds is 5. The van der Waals surface area contributed by atoms with E-state index in [2.05, 4.69) is 4.98 Å². The first-order valence-electron chi connectivity index (χ1n) is 9.67. The van der Waals surface area contributed by atoms with Crippen LogP contribution in [0.15, 0.2) is 54.9 Å². The highest BCUT2D eigenvalue weighted by Crippen LogP contribution is 2.24. The van der Waals surface area contributed by atoms with Gasteiger partial charge in [-0.2, -0.15) is 0 Å². The first-order valence-corrected chi connectivity index (χ1v) is 9.67. The topological polar surface area (TPSA) is 84.1 Å². The van der Waals surface area contributed by atoms with Crippen molar-refractivity contribution in [1.29, 1.82) is 0 Å². The highest BCUT2D eigenvalue weighted by atomic mass is 16.5. The maximum absolute atomic E-state index is 12.9. The lowest BCUT2D eigenvalue weighted by Crippen LogP contribution is -2.45. The van der Waals surface area contributed by atoms with Crippen molar-refractivity contribution in [3.05, 3.63) is 66.1 Å². The molecule has 1 saturated heterocycles. The van der Waals surface area contributed by atoms with Gasteiger partial charge in [-0.1, -0.05) is 19.1 Å². The smallest absolute Gasteiger partial charge is 0.308 e. The van der Waals surface area contributed by atoms with E-state index >= 15 is 0 Å². The zero-order chi connectivity index (χ0) is 20.4. The first kappa shape index (κ1) is 19.0. The fourth-order valence-corrected chi connectivity index (χ4v) is 3.81. The molecule has 7 nitrogen and oxygen atoms in total. The predicted molar refractivity (Wildman–Crippen MR) is 107 cm³/mol. The zero-order valence-corrected chi connectivity index (χ0v) is 16.2. The van der Waals surface area contributed by atoms with Gasteiger partial charge in [0.25, 0.3) is 5.91 Å². The van der Waals surface area contributed by atoms with Crippen molar-refractivity contribution < 1.29 is 19.4 Å². The average molecular weight is 393 g/mol. The molecule has 4 rings (SSSR count). The minimum Gasteiger partial charge on any atom is -0.487 e. The highest BCUT2D eigenvalue weighted by molar-refractivity contribution is 5.95. The number of nitrogens with zero attached hydrogens (tertiary/aromatic N) is 3. The molecule has 0 saturated carbocycles. The molecular weight excluding hydrogens is 370 g/mol. The van der Waals surface area contributed by atoms with E-state index in [4.69, 9.17) is 4.74 Å². The van der Waals surface area contributed by atoms with Crippen LogP contribution in [-0.4, -0.2) is 44.4 Å². The molecule has 1 N–H and O–H groups in total. The molecule has 0 aliphatic carbocycles. The van der Waals surface area contributed by atoms with Gasteiger partial charge in [-0.3, -0.25) is 9.59 Å². The fraction of sp³-hybridized carbons (Fsp3) is 0.318. The predicted octanol–water partition coefficient (Wildman–Crippen LogP) is 3.10. The summed E-state index contributed by atoms with van der Waals surface area (Å²) in [5, 5.41) is 9.34. The van der Waals surface area contributed by atoms with Crippen molar-refractivity contribution in [1.82, 2.24) is 14.3 Å². The number of likely N-dealkylation sites (tertiary alicyclic amines) is 1. The number of fused-ring (bicyclic) bond motifs is 1. The van der Waals surface area contributed by atoms with Gasteiger partial charge < -0.3 is 19.1 Å². The van der Waals surface area contributed by atoms with Crippen molar-refractivity contribution in [2.75, 3.05) is 13.1 Å². The number of pyridine rings is 1. The van der Waals surface area contributed by atoms with Crippen LogP contribution < -0.4 is 4.74 Å². The van der Waals surface area contributed by atoms with Crippen molar-refractivity contribution in [3.63, 3.8) is 0 Å². The van der Waals surface area contributed by atoms with Crippen molar-refractivity contribution >= 4 is 17.5 Å². The highest BCUT2D eigenvalue weighted by Gasteiger charge is 2.32. The van der Waals surface area contributed by atoms with Gasteiger partial charge >= 0.3 is 5.97 Å². The molecule has 7 heteroatoms. The van der Waals surface area contributed by atoms with Crippen LogP contribution in [0.25, 0.3) is 5.65 Å². The normalized spacial score (nSPS) is 19.3. The lowest BCUT2D eigenvalue weighted by Gasteiger charge is -2.34. The molecule has 2 unspecified atom stereocenters. The van der Waals surface area contributed by atoms with Gasteiger partial charge in [-0.05, 0) is 42.7 Å². The number of aliphatic carboxylic acids is 1. The van der Waals surface area contributed by atoms with Gasteiger partial charge in [0, 0.05) is 31.0 Å². The lowest BCUT2D eigenvalue weighted by molar-refractivity contribution is -0.143. The molecule has 0 bridgehead atoms. The number of carboxylic acids is 1. The fourth-order valence-electron chi connectivity index (χ4n) is 3.81. The van der Waals surface area contributed by atoms with Crippen LogP contribution in [0.2, 0.25) is 0 Å². The zero-order valence-electron chi connectivity index (χ0n) is 16.2. The third kappa shape index (κ3) is 4.23. The second-order valence-corrected chi connectivity index (χ2v) is 7.60. The van der Waals surface area contributed by atoms with Gasteiger partial charge in [0.1, 0.15) is 18.0 Å². The van der Waals surface area contributed by atoms with E-state index in [-0.39, 0.29) is 18.4 Å². The van der Waals surface area contributed by atoms with Crippen LogP contribution in [0.3, 0.4) is 0 Å². The number of piperidine rings is 1. The molecule has 150 valence electrons. The van der Waals surface area contributed by atoms with Crippen molar-refractivity contribution in [3.8, 4) is 5.75 Å². The van der Waals surface area contributed by atoms with E-state index in [1.165, 1.54) is 0 Å². The maximum Gasteiger partial charge on any atom is 0.308 e. The number of hydrogen-bond acceptors (Lipinski definition) is 4. The summed E-state index contributed by atoms with van der Waals surface area (Å²) in [6, 6.07) is 12.8. The van der Waals surface area contributed by atoms with Crippen molar-refractivity contribution in [2.45, 2.75) is 20.0 Å². The number of hydrogen-bond donors (Lipinski definition) is 1. The van der Waals surface area contributed by atoms with E-state index in [9.17, 15) is 14.7 Å². The summed E-state index contributed by atoms with van der Waals surface area (Å²) in [7, 11) is 0. The summed E-state index contributed by atoms with van der Waals surface area (Å²) in [4.78, 5) is 30.4. The Labute approximate surface area is 168 Å². The van der Waals surface area contributed by atoms with E-state index in [0.717, 1.165) is 11.3 Å². The van der Waals surface area contributed by atoms with E-state index in [1.807, 2.05) is 41.9 Å². The number of carboxylic acid groups (broad SMARTS) is 1. The van der Waals surface area contributed by atoms with Crippen LogP contribution in [-0.2, 0) is 11.4 Å². The molecule has 29 heavy (non-hydrogen) atoms. The molecular formula is C22H23N3O4. The Morgan fingerprint density at radius 3 is 2.86 bits per heavy atom. The molecule has 2 aromatic heterocycles. The molecule has 1 aliphatic heterocycles. The van der Waals surface area contributed by atoms with Gasteiger partial charge in [-0.25, -0.2) is 4.98 Å². The molecule has 1 amide bonds. The Hall–Kier alpha value is -3.35. The third-order valence-corrected chi connectivity index (χ3v) is 5.18. The standard InChI is InChI=1S/C22H23N3O4/c1-15-9-17(22(27)28)12-25(11-15)21(26)16-5-4-6-19(10-16)29-14-18-13-24-8-3-2-7-20(24)23-18/h2-8,10,13,15,17H,9,11-12,14H2,1H3,(H,27,28). The van der Waals surface area contributed by atoms with Crippen molar-refractivity contribution in [2.24, 2.45) is 11.8 Å². The van der Waals surface area contributed by atoms with Crippen LogP contribution in [0.5, 0.6) is 5.75 Å². The molecule has 3 heterocycles. The molecule has 1 aliphatic rings.